The summed E-state index contributed by atoms with van der Waals surface area (Å²) in [5.74, 6) is -0.340. The average molecular weight is 533 g/mol. The molecule has 0 bridgehead atoms. The van der Waals surface area contributed by atoms with Crippen molar-refractivity contribution < 1.29 is 14.3 Å². The number of halogens is 1. The summed E-state index contributed by atoms with van der Waals surface area (Å²) in [7, 11) is 0. The number of imidazole rings is 1. The van der Waals surface area contributed by atoms with Crippen molar-refractivity contribution in [1.29, 1.82) is 0 Å². The lowest BCUT2D eigenvalue weighted by Crippen LogP contribution is -2.20. The number of ether oxygens (including phenoxy) is 1. The maximum atomic E-state index is 12.5. The Balaban J connectivity index is 1.20. The predicted molar refractivity (Wildman–Crippen MR) is 136 cm³/mol. The molecule has 0 saturated carbocycles. The molecule has 0 radical (unpaired) electrons. The molecule has 3 aromatic carbocycles. The van der Waals surface area contributed by atoms with Crippen LogP contribution in [0.5, 0.6) is 0 Å². The highest BCUT2D eigenvalue weighted by Gasteiger charge is 2.14. The Bertz CT molecular complexity index is 1480. The molecule has 34 heavy (non-hydrogen) atoms. The fraction of sp³-hybridized carbons (Fsp3) is 0.0400. The van der Waals surface area contributed by atoms with Crippen LogP contribution in [0.1, 0.15) is 10.4 Å². The van der Waals surface area contributed by atoms with Crippen molar-refractivity contribution >= 4 is 55.3 Å². The van der Waals surface area contributed by atoms with Crippen molar-refractivity contribution in [1.82, 2.24) is 15.0 Å². The largest absolute Gasteiger partial charge is 0.452 e. The van der Waals surface area contributed by atoms with Gasteiger partial charge in [-0.2, -0.15) is 0 Å². The summed E-state index contributed by atoms with van der Waals surface area (Å²) in [4.78, 5) is 36.9. The Morgan fingerprint density at radius 3 is 2.56 bits per heavy atom. The van der Waals surface area contributed by atoms with Crippen LogP contribution in [0.15, 0.2) is 82.6 Å². The molecule has 0 aliphatic carbocycles. The maximum absolute atomic E-state index is 12.5. The first-order valence-electron chi connectivity index (χ1n) is 10.3. The zero-order valence-electron chi connectivity index (χ0n) is 17.6. The molecule has 0 saturated heterocycles. The number of carbonyl (C=O) groups excluding carboxylic acids is 2. The predicted octanol–water partition coefficient (Wildman–Crippen LogP) is 5.91. The summed E-state index contributed by atoms with van der Waals surface area (Å²) < 4.78 is 6.17. The minimum Gasteiger partial charge on any atom is -0.452 e. The summed E-state index contributed by atoms with van der Waals surface area (Å²) in [6.07, 6.45) is 0. The van der Waals surface area contributed by atoms with Gasteiger partial charge in [-0.1, -0.05) is 58.4 Å². The zero-order valence-corrected chi connectivity index (χ0v) is 20.0. The lowest BCUT2D eigenvalue weighted by molar-refractivity contribution is -0.119. The second kappa shape index (κ2) is 9.58. The second-order valence-electron chi connectivity index (χ2n) is 7.35. The number of hydrogen-bond acceptors (Lipinski definition) is 6. The first kappa shape index (κ1) is 22.0. The van der Waals surface area contributed by atoms with Gasteiger partial charge in [0.25, 0.3) is 5.91 Å². The van der Waals surface area contributed by atoms with Crippen LogP contribution in [0.2, 0.25) is 0 Å². The fourth-order valence-corrected chi connectivity index (χ4v) is 4.32. The molecule has 7 nitrogen and oxygen atoms in total. The van der Waals surface area contributed by atoms with E-state index in [1.807, 2.05) is 60.0 Å². The van der Waals surface area contributed by atoms with E-state index in [4.69, 9.17) is 4.74 Å². The van der Waals surface area contributed by atoms with Crippen LogP contribution in [0.4, 0.5) is 5.13 Å². The molecule has 5 aromatic rings. The number of aromatic nitrogens is 3. The standard InChI is InChI=1S/C25H17BrN4O3S/c26-18-9-6-15(7-10-18)21-14-34-25(29-21)30-22(31)13-33-24(32)17-8-11-19-20(12-17)28-23(27-19)16-4-2-1-3-5-16/h1-12,14H,13H2,(H,27,28)(H,29,30,31). The molecule has 5 rings (SSSR count). The minimum atomic E-state index is -0.595. The van der Waals surface area contributed by atoms with Gasteiger partial charge >= 0.3 is 5.97 Å². The van der Waals surface area contributed by atoms with Crippen LogP contribution < -0.4 is 5.32 Å². The number of nitrogens with zero attached hydrogens (tertiary/aromatic N) is 2. The molecule has 0 aliphatic heterocycles. The molecule has 0 atom stereocenters. The number of fused-ring (bicyclic) bond motifs is 1. The van der Waals surface area contributed by atoms with Gasteiger partial charge in [-0.05, 0) is 30.3 Å². The molecule has 9 heteroatoms. The zero-order chi connectivity index (χ0) is 23.5. The third-order valence-corrected chi connectivity index (χ3v) is 6.28. The third kappa shape index (κ3) is 4.90. The van der Waals surface area contributed by atoms with E-state index in [1.165, 1.54) is 11.3 Å². The van der Waals surface area contributed by atoms with E-state index in [9.17, 15) is 9.59 Å². The molecule has 168 valence electrons. The quantitative estimate of drug-likeness (QED) is 0.265. The number of esters is 1. The number of H-pyrrole nitrogens is 1. The smallest absolute Gasteiger partial charge is 0.338 e. The Hall–Kier alpha value is -3.82. The van der Waals surface area contributed by atoms with Gasteiger partial charge in [-0.3, -0.25) is 10.1 Å². The van der Waals surface area contributed by atoms with Gasteiger partial charge in [0.1, 0.15) is 5.82 Å². The lowest BCUT2D eigenvalue weighted by Gasteiger charge is -2.05. The highest BCUT2D eigenvalue weighted by molar-refractivity contribution is 9.10. The minimum absolute atomic E-state index is 0.329. The lowest BCUT2D eigenvalue weighted by atomic mass is 10.2. The van der Waals surface area contributed by atoms with Crippen LogP contribution in [0, 0.1) is 0 Å². The number of amides is 1. The highest BCUT2D eigenvalue weighted by atomic mass is 79.9. The number of rotatable bonds is 6. The van der Waals surface area contributed by atoms with Crippen LogP contribution in [0.3, 0.4) is 0 Å². The summed E-state index contributed by atoms with van der Waals surface area (Å²) in [5, 5.41) is 4.96. The molecule has 0 spiro atoms. The van der Waals surface area contributed by atoms with Crippen molar-refractivity contribution in [2.75, 3.05) is 11.9 Å². The molecule has 2 N–H and O–H groups in total. The van der Waals surface area contributed by atoms with Crippen LogP contribution >= 0.6 is 27.3 Å². The molecule has 0 unspecified atom stereocenters. The summed E-state index contributed by atoms with van der Waals surface area (Å²) in [6, 6.07) is 22.5. The van der Waals surface area contributed by atoms with Crippen LogP contribution in [-0.4, -0.2) is 33.4 Å². The highest BCUT2D eigenvalue weighted by Crippen LogP contribution is 2.26. The van der Waals surface area contributed by atoms with E-state index in [-0.39, 0.29) is 0 Å². The van der Waals surface area contributed by atoms with E-state index < -0.39 is 18.5 Å². The van der Waals surface area contributed by atoms with Gasteiger partial charge in [-0.25, -0.2) is 14.8 Å². The molecule has 0 fully saturated rings. The second-order valence-corrected chi connectivity index (χ2v) is 9.13. The number of benzene rings is 3. The van der Waals surface area contributed by atoms with Crippen LogP contribution in [-0.2, 0) is 9.53 Å². The first-order chi connectivity index (χ1) is 16.5. The molecule has 2 aromatic heterocycles. The Kier molecular flexibility index (Phi) is 6.20. The van der Waals surface area contributed by atoms with Crippen molar-refractivity contribution in [2.45, 2.75) is 0 Å². The van der Waals surface area contributed by atoms with Gasteiger partial charge in [0, 0.05) is 21.0 Å². The van der Waals surface area contributed by atoms with Gasteiger partial charge < -0.3 is 9.72 Å². The molecular weight excluding hydrogens is 516 g/mol. The SMILES string of the molecule is O=C(COC(=O)c1ccc2nc(-c3ccccc3)[nH]c2c1)Nc1nc(-c2ccc(Br)cc2)cs1. The molecule has 1 amide bonds. The van der Waals surface area contributed by atoms with Crippen LogP contribution in [0.25, 0.3) is 33.7 Å². The molecule has 2 heterocycles. The van der Waals surface area contributed by atoms with E-state index in [2.05, 4.69) is 36.2 Å². The average Bonchev–Trinajstić information content (AvgIpc) is 3.50. The Morgan fingerprint density at radius 1 is 0.971 bits per heavy atom. The van der Waals surface area contributed by atoms with E-state index in [1.54, 1.807) is 18.2 Å². The van der Waals surface area contributed by atoms with Gasteiger partial charge in [0.05, 0.1) is 22.3 Å². The number of thiazole rings is 1. The number of anilines is 1. The summed E-state index contributed by atoms with van der Waals surface area (Å²) >= 11 is 4.71. The van der Waals surface area contributed by atoms with Gasteiger partial charge in [-0.15, -0.1) is 11.3 Å². The van der Waals surface area contributed by atoms with Gasteiger partial charge in [0.15, 0.2) is 11.7 Å². The summed E-state index contributed by atoms with van der Waals surface area (Å²) in [5.41, 5.74) is 4.42. The number of aromatic amines is 1. The van der Waals surface area contributed by atoms with Crippen molar-refractivity contribution in [3.05, 3.63) is 88.2 Å². The molecule has 0 aliphatic rings. The molecular formula is C25H17BrN4O3S. The number of hydrogen-bond donors (Lipinski definition) is 2. The van der Waals surface area contributed by atoms with Crippen molar-refractivity contribution in [3.63, 3.8) is 0 Å². The maximum Gasteiger partial charge on any atom is 0.338 e. The third-order valence-electron chi connectivity index (χ3n) is 4.99. The van der Waals surface area contributed by atoms with Crippen molar-refractivity contribution in [3.8, 4) is 22.6 Å². The first-order valence-corrected chi connectivity index (χ1v) is 12.0. The van der Waals surface area contributed by atoms with E-state index in [0.717, 1.165) is 26.8 Å². The summed E-state index contributed by atoms with van der Waals surface area (Å²) in [6.45, 7) is -0.414. The number of nitrogens with one attached hydrogen (secondary N) is 2. The van der Waals surface area contributed by atoms with Gasteiger partial charge in [0.2, 0.25) is 0 Å². The van der Waals surface area contributed by atoms with Crippen molar-refractivity contribution in [2.24, 2.45) is 0 Å². The Morgan fingerprint density at radius 2 is 1.76 bits per heavy atom. The monoisotopic (exact) mass is 532 g/mol. The topological polar surface area (TPSA) is 97.0 Å². The number of carbonyl (C=O) groups is 2. The Labute approximate surface area is 207 Å². The fourth-order valence-electron chi connectivity index (χ4n) is 3.32. The van der Waals surface area contributed by atoms with E-state index in [0.29, 0.717) is 22.0 Å². The van der Waals surface area contributed by atoms with E-state index >= 15 is 0 Å². The normalized spacial score (nSPS) is 10.9.